The minimum atomic E-state index is -0.617. The number of nitrogens with zero attached hydrogens (tertiary/aromatic N) is 2. The molecule has 1 aromatic carbocycles. The molecule has 4 rings (SSSR count). The van der Waals surface area contributed by atoms with E-state index in [0.29, 0.717) is 23.5 Å². The van der Waals surface area contributed by atoms with Crippen molar-refractivity contribution in [3.63, 3.8) is 0 Å². The summed E-state index contributed by atoms with van der Waals surface area (Å²) in [7, 11) is 0. The minimum Gasteiger partial charge on any atom is -0.241 e. The van der Waals surface area contributed by atoms with Crippen LogP contribution in [0.25, 0.3) is 0 Å². The topological polar surface area (TPSA) is 25.8 Å². The molecule has 0 amide bonds. The van der Waals surface area contributed by atoms with Crippen molar-refractivity contribution >= 4 is 0 Å². The number of hydrogen-bond donors (Lipinski definition) is 0. The Kier molecular flexibility index (Phi) is 8.27. The summed E-state index contributed by atoms with van der Waals surface area (Å²) in [4.78, 5) is 9.09. The first-order valence-electron chi connectivity index (χ1n) is 13.0. The Morgan fingerprint density at radius 1 is 0.848 bits per heavy atom. The van der Waals surface area contributed by atoms with Gasteiger partial charge in [-0.05, 0) is 105 Å². The average Bonchev–Trinajstić information content (AvgIpc) is 2.86. The first-order chi connectivity index (χ1) is 16.1. The standard InChI is InChI=1S/C29H38F2N2/c1-3-5-7-27-32-18-25(19-33-27)22-10-8-20(9-11-22)21-12-14-23(15-13-21)26-17-16-24(6-4-2)28(30)29(26)31/h3,5,16-23H,4,6-15H2,1-2H3. The molecule has 0 radical (unpaired) electrons. The number of halogens is 2. The summed E-state index contributed by atoms with van der Waals surface area (Å²) in [5, 5.41) is 0. The van der Waals surface area contributed by atoms with E-state index in [4.69, 9.17) is 0 Å². The number of aromatic nitrogens is 2. The third-order valence-corrected chi connectivity index (χ3v) is 8.09. The predicted molar refractivity (Wildman–Crippen MR) is 130 cm³/mol. The Morgan fingerprint density at radius 3 is 2.03 bits per heavy atom. The predicted octanol–water partition coefficient (Wildman–Crippen LogP) is 8.07. The van der Waals surface area contributed by atoms with Gasteiger partial charge >= 0.3 is 0 Å². The zero-order valence-electron chi connectivity index (χ0n) is 20.2. The highest BCUT2D eigenvalue weighted by molar-refractivity contribution is 5.29. The number of allylic oxidation sites excluding steroid dienone is 2. The Labute approximate surface area is 197 Å². The van der Waals surface area contributed by atoms with Crippen LogP contribution in [0.3, 0.4) is 0 Å². The molecule has 0 saturated heterocycles. The maximum absolute atomic E-state index is 14.7. The van der Waals surface area contributed by atoms with Crippen molar-refractivity contribution in [1.82, 2.24) is 9.97 Å². The van der Waals surface area contributed by atoms with Gasteiger partial charge in [-0.15, -0.1) is 0 Å². The van der Waals surface area contributed by atoms with E-state index >= 15 is 0 Å². The van der Waals surface area contributed by atoms with Gasteiger partial charge in [-0.2, -0.15) is 0 Å². The third kappa shape index (κ3) is 5.70. The second-order valence-corrected chi connectivity index (χ2v) is 10.1. The van der Waals surface area contributed by atoms with Crippen molar-refractivity contribution in [3.8, 4) is 0 Å². The summed E-state index contributed by atoms with van der Waals surface area (Å²) >= 11 is 0. The van der Waals surface area contributed by atoms with Crippen LogP contribution in [0, 0.1) is 23.5 Å². The number of rotatable bonds is 7. The Hall–Kier alpha value is -2.10. The lowest BCUT2D eigenvalue weighted by Gasteiger charge is -2.38. The fraction of sp³-hybridized carbons (Fsp3) is 0.586. The van der Waals surface area contributed by atoms with Crippen LogP contribution in [0.4, 0.5) is 8.78 Å². The van der Waals surface area contributed by atoms with E-state index < -0.39 is 11.6 Å². The molecule has 0 aliphatic heterocycles. The molecule has 0 unspecified atom stereocenters. The molecule has 2 aliphatic carbocycles. The highest BCUT2D eigenvalue weighted by atomic mass is 19.2. The summed E-state index contributed by atoms with van der Waals surface area (Å²) in [5.41, 5.74) is 2.40. The molecule has 1 aromatic heterocycles. The second-order valence-electron chi connectivity index (χ2n) is 10.1. The molecule has 2 aliphatic rings. The second kappa shape index (κ2) is 11.4. The van der Waals surface area contributed by atoms with Gasteiger partial charge in [-0.1, -0.05) is 37.6 Å². The van der Waals surface area contributed by atoms with Crippen LogP contribution in [0.1, 0.15) is 106 Å². The molecule has 0 atom stereocenters. The van der Waals surface area contributed by atoms with Gasteiger partial charge in [0.15, 0.2) is 11.6 Å². The van der Waals surface area contributed by atoms with Crippen molar-refractivity contribution in [1.29, 1.82) is 0 Å². The lowest BCUT2D eigenvalue weighted by atomic mass is 9.67. The normalized spacial score (nSPS) is 26.1. The Balaban J connectivity index is 1.28. The zero-order valence-corrected chi connectivity index (χ0v) is 20.2. The Bertz CT molecular complexity index is 921. The molecular formula is C29H38F2N2. The largest absolute Gasteiger partial charge is 0.241 e. The minimum absolute atomic E-state index is 0.168. The zero-order chi connectivity index (χ0) is 23.2. The van der Waals surface area contributed by atoms with E-state index in [1.165, 1.54) is 31.2 Å². The molecule has 2 fully saturated rings. The summed E-state index contributed by atoms with van der Waals surface area (Å²) < 4.78 is 29.2. The van der Waals surface area contributed by atoms with Gasteiger partial charge in [0.25, 0.3) is 0 Å². The van der Waals surface area contributed by atoms with Crippen LogP contribution in [-0.4, -0.2) is 9.97 Å². The molecule has 0 spiro atoms. The van der Waals surface area contributed by atoms with E-state index in [1.807, 2.05) is 38.4 Å². The van der Waals surface area contributed by atoms with Gasteiger partial charge in [0.2, 0.25) is 0 Å². The van der Waals surface area contributed by atoms with E-state index in [-0.39, 0.29) is 5.92 Å². The monoisotopic (exact) mass is 452 g/mol. The molecule has 1 heterocycles. The van der Waals surface area contributed by atoms with E-state index in [9.17, 15) is 8.78 Å². The van der Waals surface area contributed by atoms with E-state index in [2.05, 4.69) is 16.0 Å². The molecule has 0 N–H and O–H groups in total. The third-order valence-electron chi connectivity index (χ3n) is 8.09. The van der Waals surface area contributed by atoms with Crippen molar-refractivity contribution in [3.05, 3.63) is 70.8 Å². The summed E-state index contributed by atoms with van der Waals surface area (Å²) in [6.45, 7) is 4.01. The SMILES string of the molecule is CC=CCc1ncc(C2CCC(C3CCC(c4ccc(CCC)c(F)c4F)CC3)CC2)cn1. The van der Waals surface area contributed by atoms with Gasteiger partial charge in [0.1, 0.15) is 5.82 Å². The van der Waals surface area contributed by atoms with Gasteiger partial charge in [0, 0.05) is 18.8 Å². The van der Waals surface area contributed by atoms with Gasteiger partial charge in [0.05, 0.1) is 0 Å². The Morgan fingerprint density at radius 2 is 1.45 bits per heavy atom. The lowest BCUT2D eigenvalue weighted by Crippen LogP contribution is -2.25. The highest BCUT2D eigenvalue weighted by Gasteiger charge is 2.33. The van der Waals surface area contributed by atoms with E-state index in [1.54, 1.807) is 6.07 Å². The molecule has 33 heavy (non-hydrogen) atoms. The quantitative estimate of drug-likeness (QED) is 0.397. The fourth-order valence-electron chi connectivity index (χ4n) is 6.11. The van der Waals surface area contributed by atoms with Gasteiger partial charge < -0.3 is 0 Å². The van der Waals surface area contributed by atoms with Crippen molar-refractivity contribution in [2.75, 3.05) is 0 Å². The van der Waals surface area contributed by atoms with Gasteiger partial charge in [-0.25, -0.2) is 18.7 Å². The highest BCUT2D eigenvalue weighted by Crippen LogP contribution is 2.46. The first-order valence-corrected chi connectivity index (χ1v) is 13.0. The van der Waals surface area contributed by atoms with E-state index in [0.717, 1.165) is 56.2 Å². The molecule has 0 bridgehead atoms. The molecule has 2 saturated carbocycles. The lowest BCUT2D eigenvalue weighted by molar-refractivity contribution is 0.176. The molecule has 178 valence electrons. The average molecular weight is 453 g/mol. The van der Waals surface area contributed by atoms with Crippen LogP contribution >= 0.6 is 0 Å². The molecular weight excluding hydrogens is 414 g/mol. The number of benzene rings is 1. The van der Waals surface area contributed by atoms with Crippen molar-refractivity contribution in [2.24, 2.45) is 11.8 Å². The molecule has 2 nitrogen and oxygen atoms in total. The molecule has 4 heteroatoms. The summed E-state index contributed by atoms with van der Waals surface area (Å²) in [6, 6.07) is 3.66. The fourth-order valence-corrected chi connectivity index (χ4v) is 6.11. The summed E-state index contributed by atoms with van der Waals surface area (Å²) in [5.74, 6) is 1.92. The van der Waals surface area contributed by atoms with Crippen LogP contribution < -0.4 is 0 Å². The first kappa shape index (κ1) is 24.0. The van der Waals surface area contributed by atoms with Crippen molar-refractivity contribution in [2.45, 2.75) is 96.3 Å². The van der Waals surface area contributed by atoms with Crippen molar-refractivity contribution < 1.29 is 8.78 Å². The van der Waals surface area contributed by atoms with Crippen LogP contribution in [0.2, 0.25) is 0 Å². The number of hydrogen-bond acceptors (Lipinski definition) is 2. The smallest absolute Gasteiger partial charge is 0.162 e. The maximum atomic E-state index is 14.7. The van der Waals surface area contributed by atoms with Crippen LogP contribution in [0.5, 0.6) is 0 Å². The maximum Gasteiger partial charge on any atom is 0.162 e. The number of aryl methyl sites for hydroxylation is 1. The van der Waals surface area contributed by atoms with Crippen LogP contribution in [0.15, 0.2) is 36.7 Å². The van der Waals surface area contributed by atoms with Crippen LogP contribution in [-0.2, 0) is 12.8 Å². The van der Waals surface area contributed by atoms with Gasteiger partial charge in [-0.3, -0.25) is 0 Å². The molecule has 2 aromatic rings. The summed E-state index contributed by atoms with van der Waals surface area (Å²) in [6.07, 6.45) is 19.6.